The van der Waals surface area contributed by atoms with Crippen LogP contribution in [0, 0.1) is 6.92 Å². The molecule has 0 radical (unpaired) electrons. The lowest BCUT2D eigenvalue weighted by molar-refractivity contribution is -0.115. The first-order valence-electron chi connectivity index (χ1n) is 7.91. The highest BCUT2D eigenvalue weighted by Crippen LogP contribution is 2.22. The predicted molar refractivity (Wildman–Crippen MR) is 101 cm³/mol. The fourth-order valence-corrected chi connectivity index (χ4v) is 3.17. The highest BCUT2D eigenvalue weighted by molar-refractivity contribution is 7.07. The van der Waals surface area contributed by atoms with Gasteiger partial charge in [0.05, 0.1) is 23.0 Å². The second-order valence-electron chi connectivity index (χ2n) is 5.90. The van der Waals surface area contributed by atoms with Crippen molar-refractivity contribution in [2.45, 2.75) is 13.3 Å². The summed E-state index contributed by atoms with van der Waals surface area (Å²) in [5.41, 5.74) is 7.25. The van der Waals surface area contributed by atoms with Crippen LogP contribution in [0.15, 0.2) is 53.4 Å². The Morgan fingerprint density at radius 2 is 2.04 bits per heavy atom. The number of thiazole rings is 1. The summed E-state index contributed by atoms with van der Waals surface area (Å²) >= 11 is 1.53. The van der Waals surface area contributed by atoms with E-state index in [0.717, 1.165) is 33.8 Å². The normalized spacial score (nSPS) is 10.9. The standard InChI is InChI=1S/C19H16N4OS/c1-12-2-4-13(5-3-12)8-18(24)21-14-6-7-15-16(9-14)23-19(22-15)17-10-25-11-20-17/h2-7,9-11H,8H2,1H3,(H,21,24)(H,22,23). The van der Waals surface area contributed by atoms with Gasteiger partial charge in [0.1, 0.15) is 5.69 Å². The summed E-state index contributed by atoms with van der Waals surface area (Å²) in [6.45, 7) is 2.03. The van der Waals surface area contributed by atoms with E-state index in [0.29, 0.717) is 6.42 Å². The zero-order chi connectivity index (χ0) is 17.2. The van der Waals surface area contributed by atoms with Crippen LogP contribution >= 0.6 is 11.3 Å². The molecule has 0 saturated carbocycles. The maximum atomic E-state index is 12.2. The molecule has 0 aliphatic rings. The molecule has 1 amide bonds. The number of benzene rings is 2. The van der Waals surface area contributed by atoms with Crippen molar-refractivity contribution in [1.82, 2.24) is 15.0 Å². The molecule has 2 heterocycles. The van der Waals surface area contributed by atoms with E-state index in [1.54, 1.807) is 5.51 Å². The van der Waals surface area contributed by atoms with Crippen LogP contribution in [0.2, 0.25) is 0 Å². The van der Waals surface area contributed by atoms with E-state index in [9.17, 15) is 4.79 Å². The van der Waals surface area contributed by atoms with Gasteiger partial charge in [-0.25, -0.2) is 9.97 Å². The molecular weight excluding hydrogens is 332 g/mol. The van der Waals surface area contributed by atoms with Crippen molar-refractivity contribution in [2.75, 3.05) is 5.32 Å². The molecule has 0 atom stereocenters. The minimum absolute atomic E-state index is 0.0394. The van der Waals surface area contributed by atoms with Crippen LogP contribution in [0.4, 0.5) is 5.69 Å². The van der Waals surface area contributed by atoms with Gasteiger partial charge in [0.25, 0.3) is 0 Å². The number of hydrogen-bond donors (Lipinski definition) is 2. The number of aromatic nitrogens is 3. The lowest BCUT2D eigenvalue weighted by Gasteiger charge is -2.05. The number of nitrogens with zero attached hydrogens (tertiary/aromatic N) is 2. The number of nitrogens with one attached hydrogen (secondary N) is 2. The van der Waals surface area contributed by atoms with E-state index in [2.05, 4.69) is 20.3 Å². The van der Waals surface area contributed by atoms with Gasteiger partial charge in [-0.2, -0.15) is 0 Å². The highest BCUT2D eigenvalue weighted by Gasteiger charge is 2.09. The minimum Gasteiger partial charge on any atom is -0.337 e. The summed E-state index contributed by atoms with van der Waals surface area (Å²) in [7, 11) is 0. The number of carbonyl (C=O) groups excluding carboxylic acids is 1. The molecule has 124 valence electrons. The lowest BCUT2D eigenvalue weighted by atomic mass is 10.1. The summed E-state index contributed by atoms with van der Waals surface area (Å²) in [5, 5.41) is 4.89. The Bertz CT molecular complexity index is 1020. The second-order valence-corrected chi connectivity index (χ2v) is 6.62. The quantitative estimate of drug-likeness (QED) is 0.581. The SMILES string of the molecule is Cc1ccc(CC(=O)Nc2ccc3nc(-c4cscn4)[nH]c3c2)cc1. The molecule has 0 unspecified atom stereocenters. The Balaban J connectivity index is 1.51. The number of amides is 1. The van der Waals surface area contributed by atoms with Gasteiger partial charge in [0, 0.05) is 11.1 Å². The van der Waals surface area contributed by atoms with E-state index in [-0.39, 0.29) is 5.91 Å². The third kappa shape index (κ3) is 3.44. The summed E-state index contributed by atoms with van der Waals surface area (Å²) < 4.78 is 0. The Morgan fingerprint density at radius 3 is 2.80 bits per heavy atom. The molecule has 0 aliphatic heterocycles. The molecule has 0 aliphatic carbocycles. The zero-order valence-electron chi connectivity index (χ0n) is 13.6. The third-order valence-corrected chi connectivity index (χ3v) is 4.51. The van der Waals surface area contributed by atoms with Crippen molar-refractivity contribution in [3.8, 4) is 11.5 Å². The number of aromatic amines is 1. The van der Waals surface area contributed by atoms with Gasteiger partial charge in [-0.15, -0.1) is 11.3 Å². The second kappa shape index (κ2) is 6.49. The maximum Gasteiger partial charge on any atom is 0.228 e. The lowest BCUT2D eigenvalue weighted by Crippen LogP contribution is -2.14. The Morgan fingerprint density at radius 1 is 1.20 bits per heavy atom. The van der Waals surface area contributed by atoms with Gasteiger partial charge >= 0.3 is 0 Å². The van der Waals surface area contributed by atoms with E-state index in [1.165, 1.54) is 16.9 Å². The largest absolute Gasteiger partial charge is 0.337 e. The van der Waals surface area contributed by atoms with Crippen molar-refractivity contribution in [3.05, 3.63) is 64.5 Å². The first-order chi connectivity index (χ1) is 12.2. The molecule has 2 N–H and O–H groups in total. The molecule has 4 aromatic rings. The van der Waals surface area contributed by atoms with Gasteiger partial charge in [0.15, 0.2) is 5.82 Å². The van der Waals surface area contributed by atoms with Crippen molar-refractivity contribution >= 4 is 34.0 Å². The molecule has 2 aromatic heterocycles. The fourth-order valence-electron chi connectivity index (χ4n) is 2.63. The maximum absolute atomic E-state index is 12.2. The molecule has 6 heteroatoms. The van der Waals surface area contributed by atoms with E-state index >= 15 is 0 Å². The monoisotopic (exact) mass is 348 g/mol. The van der Waals surface area contributed by atoms with Gasteiger partial charge < -0.3 is 10.3 Å². The summed E-state index contributed by atoms with van der Waals surface area (Å²) in [6.07, 6.45) is 0.353. The molecule has 0 spiro atoms. The molecule has 5 nitrogen and oxygen atoms in total. The summed E-state index contributed by atoms with van der Waals surface area (Å²) in [6, 6.07) is 13.6. The molecule has 4 rings (SSSR count). The zero-order valence-corrected chi connectivity index (χ0v) is 14.4. The predicted octanol–water partition coefficient (Wildman–Crippen LogP) is 4.18. The first kappa shape index (κ1) is 15.5. The number of rotatable bonds is 4. The summed E-state index contributed by atoms with van der Waals surface area (Å²) in [5.74, 6) is 0.696. The van der Waals surface area contributed by atoms with Gasteiger partial charge in [-0.3, -0.25) is 4.79 Å². The van der Waals surface area contributed by atoms with Crippen LogP contribution in [-0.4, -0.2) is 20.9 Å². The Kier molecular flexibility index (Phi) is 4.03. The van der Waals surface area contributed by atoms with E-state index < -0.39 is 0 Å². The average molecular weight is 348 g/mol. The number of aryl methyl sites for hydroxylation is 1. The minimum atomic E-state index is -0.0394. The van der Waals surface area contributed by atoms with Crippen LogP contribution in [-0.2, 0) is 11.2 Å². The van der Waals surface area contributed by atoms with Crippen LogP contribution in [0.25, 0.3) is 22.6 Å². The first-order valence-corrected chi connectivity index (χ1v) is 8.85. The van der Waals surface area contributed by atoms with E-state index in [1.807, 2.05) is 54.8 Å². The number of carbonyl (C=O) groups is 1. The number of hydrogen-bond acceptors (Lipinski definition) is 4. The van der Waals surface area contributed by atoms with Crippen LogP contribution in [0.5, 0.6) is 0 Å². The third-order valence-electron chi connectivity index (χ3n) is 3.93. The van der Waals surface area contributed by atoms with Crippen molar-refractivity contribution in [1.29, 1.82) is 0 Å². The van der Waals surface area contributed by atoms with Crippen LogP contribution in [0.3, 0.4) is 0 Å². The van der Waals surface area contributed by atoms with Crippen LogP contribution in [0.1, 0.15) is 11.1 Å². The fraction of sp³-hybridized carbons (Fsp3) is 0.105. The van der Waals surface area contributed by atoms with Crippen LogP contribution < -0.4 is 5.32 Å². The number of imidazole rings is 1. The van der Waals surface area contributed by atoms with Gasteiger partial charge in [-0.1, -0.05) is 29.8 Å². The number of H-pyrrole nitrogens is 1. The van der Waals surface area contributed by atoms with E-state index in [4.69, 9.17) is 0 Å². The summed E-state index contributed by atoms with van der Waals surface area (Å²) in [4.78, 5) is 24.3. The highest BCUT2D eigenvalue weighted by atomic mass is 32.1. The Labute approximate surface area is 148 Å². The molecule has 0 fully saturated rings. The van der Waals surface area contributed by atoms with Crippen molar-refractivity contribution in [2.24, 2.45) is 0 Å². The average Bonchev–Trinajstić information content (AvgIpc) is 3.25. The Hall–Kier alpha value is -2.99. The number of anilines is 1. The molecular formula is C19H16N4OS. The van der Waals surface area contributed by atoms with Crippen molar-refractivity contribution in [3.63, 3.8) is 0 Å². The topological polar surface area (TPSA) is 70.7 Å². The molecule has 25 heavy (non-hydrogen) atoms. The molecule has 0 bridgehead atoms. The molecule has 2 aromatic carbocycles. The molecule has 0 saturated heterocycles. The van der Waals surface area contributed by atoms with Gasteiger partial charge in [0.2, 0.25) is 5.91 Å². The van der Waals surface area contributed by atoms with Gasteiger partial charge in [-0.05, 0) is 30.7 Å². The van der Waals surface area contributed by atoms with Crippen molar-refractivity contribution < 1.29 is 4.79 Å². The number of fused-ring (bicyclic) bond motifs is 1. The smallest absolute Gasteiger partial charge is 0.228 e.